The molecule has 0 aromatic heterocycles. The predicted molar refractivity (Wildman–Crippen MR) is 111 cm³/mol. The summed E-state index contributed by atoms with van der Waals surface area (Å²) in [6, 6.07) is 9.36. The summed E-state index contributed by atoms with van der Waals surface area (Å²) in [5.41, 5.74) is 3.75. The lowest BCUT2D eigenvalue weighted by atomic mass is 10.00. The van der Waals surface area contributed by atoms with Crippen LogP contribution in [-0.4, -0.2) is 30.0 Å². The second kappa shape index (κ2) is 10.1. The summed E-state index contributed by atoms with van der Waals surface area (Å²) >= 11 is 0. The number of hydrogen-bond donors (Lipinski definition) is 2. The molecule has 0 bridgehead atoms. The fourth-order valence-electron chi connectivity index (χ4n) is 2.93. The summed E-state index contributed by atoms with van der Waals surface area (Å²) in [6.07, 6.45) is -0.651. The maximum absolute atomic E-state index is 11.0. The Morgan fingerprint density at radius 3 is 2.21 bits per heavy atom. The molecule has 0 spiro atoms. The number of hydrogen-bond acceptors (Lipinski definition) is 5. The van der Waals surface area contributed by atoms with Gasteiger partial charge in [0.1, 0.15) is 23.9 Å². The molecule has 2 aromatic rings. The Bertz CT molecular complexity index is 850. The number of rotatable bonds is 10. The van der Waals surface area contributed by atoms with Gasteiger partial charge in [0.2, 0.25) is 0 Å². The third-order valence-corrected chi connectivity index (χ3v) is 4.71. The summed E-state index contributed by atoms with van der Waals surface area (Å²) in [5, 5.41) is 0. The fourth-order valence-corrected chi connectivity index (χ4v) is 3.25. The molecule has 0 unspecified atom stereocenters. The normalized spacial score (nSPS) is 11.6. The molecule has 0 atom stereocenters. The van der Waals surface area contributed by atoms with Crippen molar-refractivity contribution in [2.45, 2.75) is 40.2 Å². The molecular weight excluding hydrogens is 395 g/mol. The van der Waals surface area contributed by atoms with E-state index >= 15 is 0 Å². The average Bonchev–Trinajstić information content (AvgIpc) is 2.63. The first-order valence-corrected chi connectivity index (χ1v) is 11.1. The van der Waals surface area contributed by atoms with Crippen LogP contribution in [0.15, 0.2) is 30.3 Å². The minimum Gasteiger partial charge on any atom is -0.488 e. The average molecular weight is 424 g/mol. The Hall–Kier alpha value is -2.05. The van der Waals surface area contributed by atoms with E-state index in [1.807, 2.05) is 26.0 Å². The largest absolute Gasteiger partial charge is 0.488 e. The summed E-state index contributed by atoms with van der Waals surface area (Å²) < 4.78 is 32.8. The summed E-state index contributed by atoms with van der Waals surface area (Å²) in [5.74, 6) is 2.21. The Kier molecular flexibility index (Phi) is 8.11. The molecule has 8 heteroatoms. The molecule has 0 amide bonds. The van der Waals surface area contributed by atoms with E-state index in [1.54, 1.807) is 19.2 Å². The van der Waals surface area contributed by atoms with Gasteiger partial charge in [-0.05, 0) is 66.3 Å². The number of ether oxygens (including phenoxy) is 4. The van der Waals surface area contributed by atoms with E-state index < -0.39 is 13.9 Å². The van der Waals surface area contributed by atoms with Crippen molar-refractivity contribution in [3.63, 3.8) is 0 Å². The first-order chi connectivity index (χ1) is 13.6. The number of benzene rings is 2. The Balaban J connectivity index is 2.12. The van der Waals surface area contributed by atoms with Crippen LogP contribution in [0.1, 0.15) is 42.0 Å². The van der Waals surface area contributed by atoms with Crippen molar-refractivity contribution in [2.75, 3.05) is 20.3 Å². The van der Waals surface area contributed by atoms with Crippen LogP contribution in [0.3, 0.4) is 0 Å². The molecule has 0 radical (unpaired) electrons. The van der Waals surface area contributed by atoms with E-state index in [4.69, 9.17) is 28.7 Å². The van der Waals surface area contributed by atoms with Gasteiger partial charge in [-0.25, -0.2) is 0 Å². The lowest BCUT2D eigenvalue weighted by Crippen LogP contribution is -2.05. The molecule has 29 heavy (non-hydrogen) atoms. The maximum Gasteiger partial charge on any atom is 0.362 e. The lowest BCUT2D eigenvalue weighted by molar-refractivity contribution is 0.0502. The van der Waals surface area contributed by atoms with Crippen molar-refractivity contribution in [1.29, 1.82) is 0 Å². The molecule has 0 heterocycles. The zero-order chi connectivity index (χ0) is 21.6. The van der Waals surface area contributed by atoms with Crippen LogP contribution in [0.25, 0.3) is 0 Å². The van der Waals surface area contributed by atoms with Gasteiger partial charge in [0, 0.05) is 7.11 Å². The molecule has 0 aliphatic rings. The Labute approximate surface area is 171 Å². The highest BCUT2D eigenvalue weighted by Crippen LogP contribution is 2.36. The van der Waals surface area contributed by atoms with Gasteiger partial charge in [-0.2, -0.15) is 0 Å². The van der Waals surface area contributed by atoms with E-state index in [0.717, 1.165) is 33.8 Å². The Morgan fingerprint density at radius 1 is 1.00 bits per heavy atom. The van der Waals surface area contributed by atoms with Gasteiger partial charge in [0.15, 0.2) is 13.1 Å². The monoisotopic (exact) mass is 424 g/mol. The number of aryl methyl sites for hydroxylation is 2. The van der Waals surface area contributed by atoms with Gasteiger partial charge < -0.3 is 28.7 Å². The minimum absolute atomic E-state index is 0.199. The molecule has 2 N–H and O–H groups in total. The van der Waals surface area contributed by atoms with Crippen LogP contribution in [0.4, 0.5) is 0 Å². The zero-order valence-electron chi connectivity index (χ0n) is 17.5. The van der Waals surface area contributed by atoms with Crippen molar-refractivity contribution >= 4 is 7.60 Å². The molecule has 7 nitrogen and oxygen atoms in total. The van der Waals surface area contributed by atoms with E-state index in [2.05, 4.69) is 19.9 Å². The van der Waals surface area contributed by atoms with Gasteiger partial charge in [-0.3, -0.25) is 4.57 Å². The van der Waals surface area contributed by atoms with Gasteiger partial charge in [-0.1, -0.05) is 19.9 Å². The number of methoxy groups -OCH3 is 1. The highest BCUT2D eigenvalue weighted by atomic mass is 31.2. The highest BCUT2D eigenvalue weighted by molar-refractivity contribution is 7.51. The minimum atomic E-state index is -4.22. The highest BCUT2D eigenvalue weighted by Gasteiger charge is 2.15. The molecule has 2 aromatic carbocycles. The van der Waals surface area contributed by atoms with Gasteiger partial charge in [0.05, 0.1) is 0 Å². The summed E-state index contributed by atoms with van der Waals surface area (Å²) in [6.45, 7) is 8.52. The third kappa shape index (κ3) is 7.05. The van der Waals surface area contributed by atoms with Crippen LogP contribution in [0, 0.1) is 13.8 Å². The van der Waals surface area contributed by atoms with E-state index in [1.165, 1.54) is 0 Å². The summed E-state index contributed by atoms with van der Waals surface area (Å²) in [4.78, 5) is 17.9. The van der Waals surface area contributed by atoms with Crippen molar-refractivity contribution in [3.05, 3.63) is 52.6 Å². The van der Waals surface area contributed by atoms with Crippen LogP contribution in [-0.2, 0) is 15.9 Å². The molecule has 0 fully saturated rings. The molecule has 0 aliphatic carbocycles. The van der Waals surface area contributed by atoms with Crippen LogP contribution < -0.4 is 14.2 Å². The van der Waals surface area contributed by atoms with Crippen molar-refractivity contribution in [3.8, 4) is 17.2 Å². The molecule has 160 valence electrons. The van der Waals surface area contributed by atoms with Gasteiger partial charge in [0.25, 0.3) is 0 Å². The first kappa shape index (κ1) is 23.2. The van der Waals surface area contributed by atoms with Crippen LogP contribution >= 0.6 is 7.60 Å². The first-order valence-electron chi connectivity index (χ1n) is 9.26. The quantitative estimate of drug-likeness (QED) is 0.428. The third-order valence-electron chi connectivity index (χ3n) is 4.24. The lowest BCUT2D eigenvalue weighted by Gasteiger charge is -2.17. The van der Waals surface area contributed by atoms with Gasteiger partial charge >= 0.3 is 7.60 Å². The molecule has 0 aliphatic heterocycles. The standard InChI is InChI=1S/C21H29O7P/c1-14(2)19-10-17(6-7-20(19)27-12-25-5)11-26-21-15(3)8-18(9-16(21)4)28-13-29(22,23)24/h6-10,14H,11-13H2,1-5H3,(H2,22,23,24). The fraction of sp³-hybridized carbons (Fsp3) is 0.429. The zero-order valence-corrected chi connectivity index (χ0v) is 18.4. The van der Waals surface area contributed by atoms with Crippen molar-refractivity contribution < 1.29 is 33.3 Å². The predicted octanol–water partition coefficient (Wildman–Crippen LogP) is 4.50. The second-order valence-electron chi connectivity index (χ2n) is 7.19. The van der Waals surface area contributed by atoms with E-state index in [0.29, 0.717) is 12.4 Å². The Morgan fingerprint density at radius 2 is 1.66 bits per heavy atom. The van der Waals surface area contributed by atoms with E-state index in [-0.39, 0.29) is 12.7 Å². The second-order valence-corrected chi connectivity index (χ2v) is 8.78. The molecule has 0 saturated carbocycles. The molecule has 2 rings (SSSR count). The smallest absolute Gasteiger partial charge is 0.362 e. The van der Waals surface area contributed by atoms with Gasteiger partial charge in [-0.15, -0.1) is 0 Å². The van der Waals surface area contributed by atoms with Crippen molar-refractivity contribution in [2.24, 2.45) is 0 Å². The van der Waals surface area contributed by atoms with Crippen LogP contribution in [0.5, 0.6) is 17.2 Å². The molecular formula is C21H29O7P. The van der Waals surface area contributed by atoms with Crippen molar-refractivity contribution in [1.82, 2.24) is 0 Å². The topological polar surface area (TPSA) is 94.5 Å². The molecule has 0 saturated heterocycles. The van der Waals surface area contributed by atoms with Crippen LogP contribution in [0.2, 0.25) is 0 Å². The SMILES string of the molecule is COCOc1ccc(COc2c(C)cc(OCP(=O)(O)O)cc2C)cc1C(C)C. The summed E-state index contributed by atoms with van der Waals surface area (Å²) in [7, 11) is -2.63. The maximum atomic E-state index is 11.0. The van der Waals surface area contributed by atoms with E-state index in [9.17, 15) is 4.57 Å².